The van der Waals surface area contributed by atoms with Crippen molar-refractivity contribution in [2.75, 3.05) is 30.0 Å². The molecule has 0 aliphatic carbocycles. The van der Waals surface area contributed by atoms with Crippen molar-refractivity contribution in [1.29, 1.82) is 0 Å². The Kier molecular flexibility index (Phi) is 4.64. The molecule has 0 unspecified atom stereocenters. The highest BCUT2D eigenvalue weighted by Crippen LogP contribution is 2.22. The third kappa shape index (κ3) is 3.25. The minimum atomic E-state index is -3.47. The quantitative estimate of drug-likeness (QED) is 0.690. The lowest BCUT2D eigenvalue weighted by molar-refractivity contribution is 0.476. The zero-order valence-electron chi connectivity index (χ0n) is 15.7. The Balaban J connectivity index is 2.34. The van der Waals surface area contributed by atoms with Crippen molar-refractivity contribution in [3.8, 4) is 5.69 Å². The second-order valence-electron chi connectivity index (χ2n) is 6.34. The first-order valence-corrected chi connectivity index (χ1v) is 10.1. The van der Waals surface area contributed by atoms with Gasteiger partial charge in [-0.15, -0.1) is 0 Å². The SMILES string of the molecule is CNc1ncc2c(=O)n(C(C)C)n(-c3ccnc(N(C)S(C)(=O)=O)c3)c2n1. The lowest BCUT2D eigenvalue weighted by atomic mass is 10.3. The maximum atomic E-state index is 12.9. The molecule has 0 atom stereocenters. The molecule has 3 heterocycles. The maximum absolute atomic E-state index is 12.9. The van der Waals surface area contributed by atoms with Crippen molar-refractivity contribution in [2.45, 2.75) is 19.9 Å². The second-order valence-corrected chi connectivity index (χ2v) is 8.35. The molecule has 0 amide bonds. The van der Waals surface area contributed by atoms with Crippen LogP contribution in [0.5, 0.6) is 0 Å². The summed E-state index contributed by atoms with van der Waals surface area (Å²) in [4.78, 5) is 25.5. The lowest BCUT2D eigenvalue weighted by Crippen LogP contribution is -2.27. The highest BCUT2D eigenvalue weighted by atomic mass is 32.2. The van der Waals surface area contributed by atoms with Crippen molar-refractivity contribution in [3.05, 3.63) is 34.9 Å². The van der Waals surface area contributed by atoms with Crippen LogP contribution in [0.25, 0.3) is 16.7 Å². The van der Waals surface area contributed by atoms with Gasteiger partial charge < -0.3 is 5.32 Å². The molecule has 144 valence electrons. The Morgan fingerprint density at radius 1 is 1.26 bits per heavy atom. The molecule has 0 fully saturated rings. The summed E-state index contributed by atoms with van der Waals surface area (Å²) in [7, 11) is -0.360. The zero-order valence-corrected chi connectivity index (χ0v) is 16.5. The van der Waals surface area contributed by atoms with E-state index in [2.05, 4.69) is 20.3 Å². The molecule has 3 rings (SSSR count). The molecule has 0 saturated carbocycles. The second kappa shape index (κ2) is 6.65. The number of nitrogens with zero attached hydrogens (tertiary/aromatic N) is 6. The summed E-state index contributed by atoms with van der Waals surface area (Å²) < 4.78 is 28.0. The van der Waals surface area contributed by atoms with E-state index in [4.69, 9.17) is 0 Å². The fourth-order valence-electron chi connectivity index (χ4n) is 2.72. The predicted molar refractivity (Wildman–Crippen MR) is 104 cm³/mol. The fraction of sp³-hybridized carbons (Fsp3) is 0.375. The molecule has 0 aliphatic rings. The minimum absolute atomic E-state index is 0.158. The van der Waals surface area contributed by atoms with E-state index >= 15 is 0 Å². The number of fused-ring (bicyclic) bond motifs is 1. The number of anilines is 2. The molecule has 0 radical (unpaired) electrons. The van der Waals surface area contributed by atoms with E-state index in [-0.39, 0.29) is 17.4 Å². The molecule has 11 heteroatoms. The van der Waals surface area contributed by atoms with Crippen LogP contribution < -0.4 is 15.2 Å². The number of rotatable bonds is 5. The Morgan fingerprint density at radius 3 is 2.56 bits per heavy atom. The topological polar surface area (TPSA) is 115 Å². The van der Waals surface area contributed by atoms with Crippen LogP contribution in [-0.4, -0.2) is 53.1 Å². The van der Waals surface area contributed by atoms with E-state index < -0.39 is 10.0 Å². The van der Waals surface area contributed by atoms with E-state index in [1.807, 2.05) is 13.8 Å². The Labute approximate surface area is 156 Å². The molecule has 1 N–H and O–H groups in total. The van der Waals surface area contributed by atoms with Crippen molar-refractivity contribution in [1.82, 2.24) is 24.3 Å². The van der Waals surface area contributed by atoms with Gasteiger partial charge in [-0.3, -0.25) is 9.10 Å². The molecule has 3 aromatic heterocycles. The average molecular weight is 391 g/mol. The third-order valence-corrected chi connectivity index (χ3v) is 5.31. The van der Waals surface area contributed by atoms with E-state index in [1.165, 1.54) is 19.4 Å². The smallest absolute Gasteiger partial charge is 0.278 e. The maximum Gasteiger partial charge on any atom is 0.278 e. The van der Waals surface area contributed by atoms with Gasteiger partial charge in [-0.25, -0.2) is 27.7 Å². The van der Waals surface area contributed by atoms with E-state index in [1.54, 1.807) is 28.5 Å². The van der Waals surface area contributed by atoms with Crippen LogP contribution in [0, 0.1) is 0 Å². The van der Waals surface area contributed by atoms with Gasteiger partial charge in [0, 0.05) is 38.6 Å². The van der Waals surface area contributed by atoms with Gasteiger partial charge in [0.05, 0.1) is 11.9 Å². The fourth-order valence-corrected chi connectivity index (χ4v) is 3.16. The summed E-state index contributed by atoms with van der Waals surface area (Å²) in [5.74, 6) is 0.613. The number of hydrogen-bond donors (Lipinski definition) is 1. The summed E-state index contributed by atoms with van der Waals surface area (Å²) >= 11 is 0. The van der Waals surface area contributed by atoms with Crippen LogP contribution in [0.2, 0.25) is 0 Å². The Bertz CT molecular complexity index is 1160. The molecular formula is C16H21N7O3S. The third-order valence-electron chi connectivity index (χ3n) is 4.13. The van der Waals surface area contributed by atoms with Crippen molar-refractivity contribution in [3.63, 3.8) is 0 Å². The monoisotopic (exact) mass is 391 g/mol. The van der Waals surface area contributed by atoms with Gasteiger partial charge in [-0.1, -0.05) is 0 Å². The zero-order chi connectivity index (χ0) is 19.9. The molecule has 0 aromatic carbocycles. The number of sulfonamides is 1. The summed E-state index contributed by atoms with van der Waals surface area (Å²) in [5, 5.41) is 3.23. The van der Waals surface area contributed by atoms with Crippen LogP contribution in [0.3, 0.4) is 0 Å². The Hall–Kier alpha value is -2.95. The van der Waals surface area contributed by atoms with Gasteiger partial charge in [0.25, 0.3) is 5.56 Å². The van der Waals surface area contributed by atoms with Crippen molar-refractivity contribution >= 4 is 32.8 Å². The Morgan fingerprint density at radius 2 is 1.96 bits per heavy atom. The van der Waals surface area contributed by atoms with Gasteiger partial charge in [0.15, 0.2) is 5.65 Å². The number of aromatic nitrogens is 5. The minimum Gasteiger partial charge on any atom is -0.357 e. The lowest BCUT2D eigenvalue weighted by Gasteiger charge is -2.19. The van der Waals surface area contributed by atoms with Crippen molar-refractivity contribution in [2.24, 2.45) is 0 Å². The molecule has 27 heavy (non-hydrogen) atoms. The van der Waals surface area contributed by atoms with Crippen LogP contribution in [-0.2, 0) is 10.0 Å². The van der Waals surface area contributed by atoms with Gasteiger partial charge in [-0.05, 0) is 19.9 Å². The van der Waals surface area contributed by atoms with E-state index in [0.717, 1.165) is 10.6 Å². The summed E-state index contributed by atoms with van der Waals surface area (Å²) in [6.45, 7) is 3.77. The van der Waals surface area contributed by atoms with Crippen LogP contribution in [0.15, 0.2) is 29.3 Å². The number of pyridine rings is 1. The van der Waals surface area contributed by atoms with E-state index in [0.29, 0.717) is 22.7 Å². The largest absolute Gasteiger partial charge is 0.357 e. The van der Waals surface area contributed by atoms with Crippen LogP contribution in [0.1, 0.15) is 19.9 Å². The van der Waals surface area contributed by atoms with Crippen LogP contribution >= 0.6 is 0 Å². The molecule has 10 nitrogen and oxygen atoms in total. The molecule has 0 aliphatic heterocycles. The first kappa shape index (κ1) is 18.8. The van der Waals surface area contributed by atoms with E-state index in [9.17, 15) is 13.2 Å². The standard InChI is InChI=1S/C16H21N7O3S/c1-10(2)22-15(24)12-9-19-16(17-3)20-14(12)23(22)11-6-7-18-13(8-11)21(4)27(5,25)26/h6-10H,1-5H3,(H,17,19,20). The first-order valence-electron chi connectivity index (χ1n) is 8.23. The summed E-state index contributed by atoms with van der Waals surface area (Å²) in [5.41, 5.74) is 0.766. The number of hydrogen-bond acceptors (Lipinski definition) is 7. The molecule has 0 spiro atoms. The molecular weight excluding hydrogens is 370 g/mol. The molecule has 3 aromatic rings. The summed E-state index contributed by atoms with van der Waals surface area (Å²) in [6, 6.07) is 3.13. The normalized spacial score (nSPS) is 11.9. The number of nitrogens with one attached hydrogen (secondary N) is 1. The molecule has 0 saturated heterocycles. The van der Waals surface area contributed by atoms with Crippen molar-refractivity contribution < 1.29 is 8.42 Å². The van der Waals surface area contributed by atoms with Gasteiger partial charge in [0.2, 0.25) is 16.0 Å². The van der Waals surface area contributed by atoms with Gasteiger partial charge in [-0.2, -0.15) is 4.98 Å². The van der Waals surface area contributed by atoms with Crippen LogP contribution in [0.4, 0.5) is 11.8 Å². The highest BCUT2D eigenvalue weighted by Gasteiger charge is 2.21. The van der Waals surface area contributed by atoms with Gasteiger partial charge in [0.1, 0.15) is 11.2 Å². The average Bonchev–Trinajstić information content (AvgIpc) is 2.92. The first-order chi connectivity index (χ1) is 12.6. The van der Waals surface area contributed by atoms with Gasteiger partial charge >= 0.3 is 0 Å². The molecule has 0 bridgehead atoms. The highest BCUT2D eigenvalue weighted by molar-refractivity contribution is 7.92. The predicted octanol–water partition coefficient (Wildman–Crippen LogP) is 0.996. The summed E-state index contributed by atoms with van der Waals surface area (Å²) in [6.07, 6.45) is 4.08.